The lowest BCUT2D eigenvalue weighted by Crippen LogP contribution is -2.44. The van der Waals surface area contributed by atoms with Gasteiger partial charge in [-0.25, -0.2) is 9.50 Å². The highest BCUT2D eigenvalue weighted by Crippen LogP contribution is 2.17. The minimum Gasteiger partial charge on any atom is -0.339 e. The van der Waals surface area contributed by atoms with Crippen molar-refractivity contribution in [2.75, 3.05) is 27.2 Å². The number of hydrogen-bond acceptors (Lipinski definition) is 4. The van der Waals surface area contributed by atoms with Gasteiger partial charge in [-0.15, -0.1) is 0 Å². The van der Waals surface area contributed by atoms with E-state index in [-0.39, 0.29) is 5.91 Å². The fourth-order valence-corrected chi connectivity index (χ4v) is 4.04. The molecule has 4 rings (SSSR count). The van der Waals surface area contributed by atoms with Gasteiger partial charge in [-0.3, -0.25) is 4.79 Å². The number of piperidine rings is 1. The number of amides is 1. The summed E-state index contributed by atoms with van der Waals surface area (Å²) < 4.78 is 2.72. The van der Waals surface area contributed by atoms with Crippen LogP contribution in [0.1, 0.15) is 41.5 Å². The van der Waals surface area contributed by atoms with Gasteiger partial charge < -0.3 is 9.80 Å². The monoisotopic (exact) mass is 471 g/mol. The first-order valence-electron chi connectivity index (χ1n) is 10.4. The van der Waals surface area contributed by atoms with Crippen LogP contribution in [0.5, 0.6) is 0 Å². The molecule has 0 N–H and O–H groups in total. The Hall–Kier alpha value is -2.25. The third kappa shape index (κ3) is 5.46. The van der Waals surface area contributed by atoms with Gasteiger partial charge in [-0.2, -0.15) is 5.10 Å². The van der Waals surface area contributed by atoms with E-state index in [0.717, 1.165) is 53.9 Å². The van der Waals surface area contributed by atoms with Crippen LogP contribution in [0.2, 0.25) is 0 Å². The van der Waals surface area contributed by atoms with Crippen LogP contribution in [0.3, 0.4) is 0 Å². The van der Waals surface area contributed by atoms with Crippen molar-refractivity contribution in [1.29, 1.82) is 0 Å². The molecule has 1 fully saturated rings. The Morgan fingerprint density at radius 2 is 1.87 bits per heavy atom. The Morgan fingerprint density at radius 3 is 2.47 bits per heavy atom. The number of nitrogens with zero attached hydrogens (tertiary/aromatic N) is 5. The maximum Gasteiger partial charge on any atom is 0.253 e. The van der Waals surface area contributed by atoms with Gasteiger partial charge >= 0.3 is 0 Å². The van der Waals surface area contributed by atoms with Crippen LogP contribution >= 0.6 is 15.9 Å². The van der Waals surface area contributed by atoms with Crippen molar-refractivity contribution in [3.8, 4) is 0 Å². The zero-order valence-corrected chi connectivity index (χ0v) is 19.8. The highest BCUT2D eigenvalue weighted by molar-refractivity contribution is 9.10. The Labute approximate surface area is 187 Å². The standard InChI is InChI=1S/C16H24N2O.C7H6BrN3/c1-4-13-5-7-14(8-6-13)16(19)18(3)15-9-11-17(2)12-10-15;1-5-9-7-6(8)3-2-4-11(7)10-5/h5-8,15H,4,9-12H2,1-3H3;2-4H,1H3. The third-order valence-corrected chi connectivity index (χ3v) is 6.20. The van der Waals surface area contributed by atoms with Crippen molar-refractivity contribution < 1.29 is 4.79 Å². The molecule has 0 unspecified atom stereocenters. The molecule has 0 atom stereocenters. The van der Waals surface area contributed by atoms with Crippen molar-refractivity contribution in [1.82, 2.24) is 24.4 Å². The number of carbonyl (C=O) groups is 1. The Bertz CT molecular complexity index is 977. The molecule has 3 aromatic rings. The van der Waals surface area contributed by atoms with Crippen LogP contribution in [-0.2, 0) is 6.42 Å². The van der Waals surface area contributed by atoms with E-state index in [1.54, 1.807) is 4.52 Å². The molecule has 0 aliphatic carbocycles. The number of fused-ring (bicyclic) bond motifs is 1. The van der Waals surface area contributed by atoms with Crippen molar-refractivity contribution in [2.24, 2.45) is 0 Å². The maximum atomic E-state index is 12.4. The molecule has 0 spiro atoms. The molecule has 7 heteroatoms. The van der Waals surface area contributed by atoms with E-state index < -0.39 is 0 Å². The van der Waals surface area contributed by atoms with Crippen LogP contribution < -0.4 is 0 Å². The minimum atomic E-state index is 0.150. The topological polar surface area (TPSA) is 53.7 Å². The summed E-state index contributed by atoms with van der Waals surface area (Å²) in [5.74, 6) is 0.939. The summed E-state index contributed by atoms with van der Waals surface area (Å²) in [4.78, 5) is 20.9. The number of aryl methyl sites for hydroxylation is 2. The highest BCUT2D eigenvalue weighted by atomic mass is 79.9. The molecule has 0 saturated carbocycles. The molecular formula is C23H30BrN5O. The molecule has 3 heterocycles. The number of aromatic nitrogens is 3. The SMILES string of the molecule is CCc1ccc(C(=O)N(C)C2CCN(C)CC2)cc1.Cc1nc2c(Br)cccn2n1. The molecule has 160 valence electrons. The molecule has 1 aliphatic heterocycles. The van der Waals surface area contributed by atoms with E-state index in [1.807, 2.05) is 49.3 Å². The second-order valence-corrected chi connectivity index (χ2v) is 8.64. The number of hydrogen-bond donors (Lipinski definition) is 0. The maximum absolute atomic E-state index is 12.4. The number of halogens is 1. The highest BCUT2D eigenvalue weighted by Gasteiger charge is 2.24. The Kier molecular flexibility index (Phi) is 7.61. The van der Waals surface area contributed by atoms with E-state index in [9.17, 15) is 4.79 Å². The summed E-state index contributed by atoms with van der Waals surface area (Å²) in [7, 11) is 4.08. The van der Waals surface area contributed by atoms with Crippen molar-refractivity contribution in [2.45, 2.75) is 39.2 Å². The van der Waals surface area contributed by atoms with Crippen LogP contribution in [0, 0.1) is 6.92 Å². The van der Waals surface area contributed by atoms with Gasteiger partial charge in [0.25, 0.3) is 5.91 Å². The molecule has 2 aromatic heterocycles. The fraction of sp³-hybridized carbons (Fsp3) is 0.435. The minimum absolute atomic E-state index is 0.150. The number of pyridine rings is 1. The predicted molar refractivity (Wildman–Crippen MR) is 124 cm³/mol. The van der Waals surface area contributed by atoms with E-state index in [2.05, 4.69) is 57.0 Å². The molecule has 6 nitrogen and oxygen atoms in total. The smallest absolute Gasteiger partial charge is 0.253 e. The van der Waals surface area contributed by atoms with Gasteiger partial charge in [0.1, 0.15) is 5.82 Å². The summed E-state index contributed by atoms with van der Waals surface area (Å²) in [5.41, 5.74) is 2.95. The van der Waals surface area contributed by atoms with E-state index >= 15 is 0 Å². The normalized spacial score (nSPS) is 15.0. The van der Waals surface area contributed by atoms with Crippen LogP contribution in [-0.4, -0.2) is 63.5 Å². The lowest BCUT2D eigenvalue weighted by atomic mass is 10.0. The summed E-state index contributed by atoms with van der Waals surface area (Å²) in [6.45, 7) is 6.16. The van der Waals surface area contributed by atoms with Gasteiger partial charge in [-0.1, -0.05) is 19.1 Å². The summed E-state index contributed by atoms with van der Waals surface area (Å²) >= 11 is 3.39. The first-order valence-corrected chi connectivity index (χ1v) is 11.2. The Balaban J connectivity index is 0.000000196. The van der Waals surface area contributed by atoms with Crippen LogP contribution in [0.4, 0.5) is 0 Å². The molecule has 1 aromatic carbocycles. The lowest BCUT2D eigenvalue weighted by Gasteiger charge is -2.35. The summed E-state index contributed by atoms with van der Waals surface area (Å²) in [6.07, 6.45) is 5.04. The largest absolute Gasteiger partial charge is 0.339 e. The van der Waals surface area contributed by atoms with Crippen molar-refractivity contribution >= 4 is 27.5 Å². The van der Waals surface area contributed by atoms with Gasteiger partial charge in [0.05, 0.1) is 4.47 Å². The lowest BCUT2D eigenvalue weighted by molar-refractivity contribution is 0.0659. The zero-order chi connectivity index (χ0) is 21.7. The third-order valence-electron chi connectivity index (χ3n) is 5.59. The summed E-state index contributed by atoms with van der Waals surface area (Å²) in [6, 6.07) is 12.3. The van der Waals surface area contributed by atoms with E-state index in [0.29, 0.717) is 6.04 Å². The first kappa shape index (κ1) is 22.4. The second kappa shape index (κ2) is 10.2. The molecule has 0 bridgehead atoms. The van der Waals surface area contributed by atoms with Crippen molar-refractivity contribution in [3.63, 3.8) is 0 Å². The van der Waals surface area contributed by atoms with Gasteiger partial charge in [0.15, 0.2) is 5.65 Å². The van der Waals surface area contributed by atoms with Crippen LogP contribution in [0.25, 0.3) is 5.65 Å². The molecule has 1 aliphatic rings. The quantitative estimate of drug-likeness (QED) is 0.573. The Morgan fingerprint density at radius 1 is 1.20 bits per heavy atom. The van der Waals surface area contributed by atoms with Crippen LogP contribution in [0.15, 0.2) is 47.1 Å². The average molecular weight is 472 g/mol. The first-order chi connectivity index (χ1) is 14.4. The number of likely N-dealkylation sites (tertiary alicyclic amines) is 1. The fourth-order valence-electron chi connectivity index (χ4n) is 3.62. The van der Waals surface area contributed by atoms with Crippen molar-refractivity contribution in [3.05, 3.63) is 64.0 Å². The summed E-state index contributed by atoms with van der Waals surface area (Å²) in [5, 5.41) is 4.15. The molecule has 1 amide bonds. The number of rotatable bonds is 3. The van der Waals surface area contributed by atoms with Gasteiger partial charge in [0.2, 0.25) is 0 Å². The van der Waals surface area contributed by atoms with Gasteiger partial charge in [0, 0.05) is 24.8 Å². The molecule has 30 heavy (non-hydrogen) atoms. The average Bonchev–Trinajstić information content (AvgIpc) is 3.15. The van der Waals surface area contributed by atoms with E-state index in [1.165, 1.54) is 5.56 Å². The number of carbonyl (C=O) groups excluding carboxylic acids is 1. The second-order valence-electron chi connectivity index (χ2n) is 7.78. The molecule has 0 radical (unpaired) electrons. The van der Waals surface area contributed by atoms with E-state index in [4.69, 9.17) is 0 Å². The molecular weight excluding hydrogens is 442 g/mol. The van der Waals surface area contributed by atoms with Gasteiger partial charge in [-0.05, 0) is 92.1 Å². The zero-order valence-electron chi connectivity index (χ0n) is 18.2. The predicted octanol–water partition coefficient (Wildman–Crippen LogP) is 4.22. The number of benzene rings is 1. The molecule has 1 saturated heterocycles.